The smallest absolute Gasteiger partial charge is 0.314 e. The maximum Gasteiger partial charge on any atom is 0.314 e. The molecule has 0 spiro atoms. The van der Waals surface area contributed by atoms with Crippen LogP contribution in [-0.4, -0.2) is 46.6 Å². The quantitative estimate of drug-likeness (QED) is 0.325. The van der Waals surface area contributed by atoms with Gasteiger partial charge in [0.15, 0.2) is 6.73 Å². The highest BCUT2D eigenvalue weighted by molar-refractivity contribution is 6.35. The van der Waals surface area contributed by atoms with Crippen LogP contribution in [0.25, 0.3) is 11.6 Å². The van der Waals surface area contributed by atoms with Gasteiger partial charge >= 0.3 is 23.9 Å². The lowest BCUT2D eigenvalue weighted by atomic mass is 10.1. The summed E-state index contributed by atoms with van der Waals surface area (Å²) in [5.74, 6) is -4.22. The number of aromatic amines is 1. The highest BCUT2D eigenvalue weighted by atomic mass is 16.6. The summed E-state index contributed by atoms with van der Waals surface area (Å²) in [5, 5.41) is 8.52. The number of esters is 3. The molecule has 2 N–H and O–H groups in total. The van der Waals surface area contributed by atoms with Gasteiger partial charge in [-0.3, -0.25) is 28.9 Å². The first-order valence-electron chi connectivity index (χ1n) is 10.6. The third-order valence-corrected chi connectivity index (χ3v) is 5.10. The summed E-state index contributed by atoms with van der Waals surface area (Å²) in [5.41, 5.74) is 4.53. The van der Waals surface area contributed by atoms with Crippen molar-refractivity contribution in [3.8, 4) is 0 Å². The maximum absolute atomic E-state index is 13.1. The van der Waals surface area contributed by atoms with Crippen LogP contribution in [0, 0.1) is 13.8 Å². The zero-order chi connectivity index (χ0) is 24.8. The molecule has 2 heterocycles. The Bertz CT molecular complexity index is 1180. The third-order valence-electron chi connectivity index (χ3n) is 5.10. The standard InChI is InChI=1S/C24H24N2O8/c1-14-11-15(2)25-18(14)12-17-16-5-3-4-6-19(16)26(24(17)32)13-33-21(29)9-10-23(31)34-22(30)8-7-20(27)28/h3-6,11-12,25H,7-10,13H2,1-2H3,(H,27,28). The molecule has 0 fully saturated rings. The minimum Gasteiger partial charge on any atom is -0.481 e. The van der Waals surface area contributed by atoms with Crippen molar-refractivity contribution >= 4 is 47.1 Å². The van der Waals surface area contributed by atoms with E-state index in [1.165, 1.54) is 4.90 Å². The van der Waals surface area contributed by atoms with E-state index in [-0.39, 0.29) is 19.1 Å². The summed E-state index contributed by atoms with van der Waals surface area (Å²) >= 11 is 0. The minimum absolute atomic E-state index is 0.330. The van der Waals surface area contributed by atoms with Gasteiger partial charge in [0.25, 0.3) is 5.91 Å². The summed E-state index contributed by atoms with van der Waals surface area (Å²) in [6, 6.07) is 9.11. The summed E-state index contributed by atoms with van der Waals surface area (Å²) in [4.78, 5) is 63.2. The Morgan fingerprint density at radius 1 is 1.00 bits per heavy atom. The van der Waals surface area contributed by atoms with E-state index in [0.717, 1.165) is 17.0 Å². The first-order chi connectivity index (χ1) is 16.2. The molecule has 0 atom stereocenters. The van der Waals surface area contributed by atoms with Crippen molar-refractivity contribution in [3.05, 3.63) is 52.8 Å². The lowest BCUT2D eigenvalue weighted by molar-refractivity contribution is -0.162. The van der Waals surface area contributed by atoms with E-state index < -0.39 is 43.1 Å². The number of anilines is 1. The van der Waals surface area contributed by atoms with Crippen molar-refractivity contribution < 1.29 is 38.6 Å². The number of benzene rings is 1. The number of carbonyl (C=O) groups is 5. The van der Waals surface area contributed by atoms with Gasteiger partial charge in [-0.2, -0.15) is 0 Å². The molecule has 1 amide bonds. The molecule has 0 saturated carbocycles. The van der Waals surface area contributed by atoms with E-state index in [1.54, 1.807) is 18.2 Å². The normalized spacial score (nSPS) is 13.6. The Morgan fingerprint density at radius 3 is 2.29 bits per heavy atom. The van der Waals surface area contributed by atoms with Gasteiger partial charge in [0.1, 0.15) is 0 Å². The number of hydrogen-bond acceptors (Lipinski definition) is 7. The van der Waals surface area contributed by atoms with Gasteiger partial charge in [-0.05, 0) is 37.6 Å². The van der Waals surface area contributed by atoms with Crippen molar-refractivity contribution in [1.29, 1.82) is 0 Å². The summed E-state index contributed by atoms with van der Waals surface area (Å²) < 4.78 is 9.63. The molecular formula is C24H24N2O8. The second-order valence-electron chi connectivity index (χ2n) is 7.74. The van der Waals surface area contributed by atoms with Crippen LogP contribution in [0.4, 0.5) is 5.69 Å². The third kappa shape index (κ3) is 5.97. The Labute approximate surface area is 195 Å². The molecule has 10 heteroatoms. The number of fused-ring (bicyclic) bond motifs is 1. The van der Waals surface area contributed by atoms with E-state index >= 15 is 0 Å². The van der Waals surface area contributed by atoms with Gasteiger partial charge in [-0.15, -0.1) is 0 Å². The van der Waals surface area contributed by atoms with Crippen LogP contribution in [0.3, 0.4) is 0 Å². The molecule has 10 nitrogen and oxygen atoms in total. The topological polar surface area (TPSA) is 143 Å². The van der Waals surface area contributed by atoms with Gasteiger partial charge < -0.3 is 19.6 Å². The molecule has 0 aliphatic carbocycles. The first kappa shape index (κ1) is 24.4. The highest BCUT2D eigenvalue weighted by Crippen LogP contribution is 2.37. The van der Waals surface area contributed by atoms with Crippen molar-refractivity contribution in [2.45, 2.75) is 39.5 Å². The van der Waals surface area contributed by atoms with E-state index in [4.69, 9.17) is 9.84 Å². The highest BCUT2D eigenvalue weighted by Gasteiger charge is 2.33. The SMILES string of the molecule is Cc1cc(C)c(C=C2C(=O)N(COC(=O)CCC(=O)OC(=O)CCC(=O)O)c3ccccc32)[nH]1. The number of nitrogens with zero attached hydrogens (tertiary/aromatic N) is 1. The number of carboxylic acids is 1. The van der Waals surface area contributed by atoms with Crippen LogP contribution in [0.1, 0.15) is 48.2 Å². The molecule has 0 unspecified atom stereocenters. The van der Waals surface area contributed by atoms with Crippen LogP contribution in [0.15, 0.2) is 30.3 Å². The van der Waals surface area contributed by atoms with E-state index in [2.05, 4.69) is 9.72 Å². The largest absolute Gasteiger partial charge is 0.481 e. The molecular weight excluding hydrogens is 444 g/mol. The Balaban J connectivity index is 1.58. The number of aliphatic carboxylic acids is 1. The lowest BCUT2D eigenvalue weighted by Crippen LogP contribution is -2.30. The molecule has 0 bridgehead atoms. The fourth-order valence-electron chi connectivity index (χ4n) is 3.47. The molecule has 0 saturated heterocycles. The van der Waals surface area contributed by atoms with Crippen molar-refractivity contribution in [3.63, 3.8) is 0 Å². The average molecular weight is 468 g/mol. The Kier molecular flexibility index (Phi) is 7.62. The van der Waals surface area contributed by atoms with Crippen molar-refractivity contribution in [1.82, 2.24) is 4.98 Å². The van der Waals surface area contributed by atoms with Gasteiger partial charge in [0, 0.05) is 17.0 Å². The predicted octanol–water partition coefficient (Wildman–Crippen LogP) is 2.73. The fourth-order valence-corrected chi connectivity index (χ4v) is 3.47. The number of aryl methyl sites for hydroxylation is 2. The number of hydrogen-bond donors (Lipinski definition) is 2. The van der Waals surface area contributed by atoms with Crippen LogP contribution in [-0.2, 0) is 33.4 Å². The molecule has 1 aliphatic rings. The summed E-state index contributed by atoms with van der Waals surface area (Å²) in [6.45, 7) is 3.51. The van der Waals surface area contributed by atoms with E-state index in [1.807, 2.05) is 32.0 Å². The van der Waals surface area contributed by atoms with Crippen LogP contribution < -0.4 is 4.90 Å². The fraction of sp³-hybridized carbons (Fsp3) is 0.292. The molecule has 0 radical (unpaired) electrons. The zero-order valence-electron chi connectivity index (χ0n) is 18.8. The maximum atomic E-state index is 13.1. The van der Waals surface area contributed by atoms with Crippen LogP contribution in [0.5, 0.6) is 0 Å². The van der Waals surface area contributed by atoms with Crippen LogP contribution in [0.2, 0.25) is 0 Å². The predicted molar refractivity (Wildman–Crippen MR) is 120 cm³/mol. The molecule has 178 valence electrons. The first-order valence-corrected chi connectivity index (χ1v) is 10.6. The molecule has 1 aromatic carbocycles. The molecule has 2 aromatic rings. The summed E-state index contributed by atoms with van der Waals surface area (Å²) in [6.07, 6.45) is 0.0816. The second-order valence-corrected chi connectivity index (χ2v) is 7.74. The van der Waals surface area contributed by atoms with Crippen molar-refractivity contribution in [2.75, 3.05) is 11.6 Å². The van der Waals surface area contributed by atoms with Gasteiger partial charge in [0.05, 0.1) is 36.9 Å². The zero-order valence-corrected chi connectivity index (χ0v) is 18.8. The van der Waals surface area contributed by atoms with E-state index in [0.29, 0.717) is 16.8 Å². The number of amides is 1. The Morgan fingerprint density at radius 2 is 1.65 bits per heavy atom. The number of para-hydroxylation sites is 1. The number of carboxylic acid groups (broad SMARTS) is 1. The second kappa shape index (κ2) is 10.6. The number of H-pyrrole nitrogens is 1. The van der Waals surface area contributed by atoms with Gasteiger partial charge in [-0.1, -0.05) is 18.2 Å². The van der Waals surface area contributed by atoms with Crippen LogP contribution >= 0.6 is 0 Å². The molecule has 34 heavy (non-hydrogen) atoms. The molecule has 3 rings (SSSR count). The Hall–Kier alpha value is -4.21. The number of rotatable bonds is 9. The minimum atomic E-state index is -1.19. The number of ether oxygens (including phenoxy) is 2. The van der Waals surface area contributed by atoms with E-state index in [9.17, 15) is 24.0 Å². The van der Waals surface area contributed by atoms with Gasteiger partial charge in [0.2, 0.25) is 0 Å². The number of nitrogens with one attached hydrogen (secondary N) is 1. The van der Waals surface area contributed by atoms with Crippen molar-refractivity contribution in [2.24, 2.45) is 0 Å². The number of aromatic nitrogens is 1. The molecule has 1 aromatic heterocycles. The number of carbonyl (C=O) groups excluding carboxylic acids is 4. The molecule has 1 aliphatic heterocycles. The van der Waals surface area contributed by atoms with Gasteiger partial charge in [-0.25, -0.2) is 0 Å². The monoisotopic (exact) mass is 468 g/mol. The lowest BCUT2D eigenvalue weighted by Gasteiger charge is -2.16. The average Bonchev–Trinajstić information content (AvgIpc) is 3.24. The summed E-state index contributed by atoms with van der Waals surface area (Å²) in [7, 11) is 0.